The molecule has 2 atom stereocenters. The molecule has 20 heavy (non-hydrogen) atoms. The van der Waals surface area contributed by atoms with Crippen molar-refractivity contribution in [2.75, 3.05) is 26.8 Å². The zero-order chi connectivity index (χ0) is 14.5. The highest BCUT2D eigenvalue weighted by Crippen LogP contribution is 2.27. The SMILES string of the molecule is Cc1ccccc1C(C(C)N)N(C)CC1CCOCC1. The summed E-state index contributed by atoms with van der Waals surface area (Å²) in [6, 6.07) is 9.01. The van der Waals surface area contributed by atoms with E-state index in [1.165, 1.54) is 24.0 Å². The van der Waals surface area contributed by atoms with E-state index >= 15 is 0 Å². The van der Waals surface area contributed by atoms with Crippen LogP contribution >= 0.6 is 0 Å². The molecule has 0 radical (unpaired) electrons. The van der Waals surface area contributed by atoms with Gasteiger partial charge in [0.05, 0.1) is 0 Å². The molecule has 2 N–H and O–H groups in total. The highest BCUT2D eigenvalue weighted by atomic mass is 16.5. The number of aryl methyl sites for hydroxylation is 1. The molecule has 2 unspecified atom stereocenters. The molecule has 3 nitrogen and oxygen atoms in total. The van der Waals surface area contributed by atoms with Gasteiger partial charge in [0.1, 0.15) is 0 Å². The Hall–Kier alpha value is -0.900. The summed E-state index contributed by atoms with van der Waals surface area (Å²) in [5.41, 5.74) is 8.96. The van der Waals surface area contributed by atoms with Gasteiger partial charge in [-0.25, -0.2) is 0 Å². The molecular weight excluding hydrogens is 248 g/mol. The number of hydrogen-bond acceptors (Lipinski definition) is 3. The molecule has 0 bridgehead atoms. The lowest BCUT2D eigenvalue weighted by atomic mass is 9.93. The fourth-order valence-corrected chi connectivity index (χ4v) is 3.29. The molecule has 0 saturated carbocycles. The fraction of sp³-hybridized carbons (Fsp3) is 0.647. The number of rotatable bonds is 5. The average molecular weight is 276 g/mol. The molecule has 1 heterocycles. The monoisotopic (exact) mass is 276 g/mol. The molecule has 1 aliphatic heterocycles. The molecule has 2 rings (SSSR count). The summed E-state index contributed by atoms with van der Waals surface area (Å²) in [6.07, 6.45) is 2.34. The van der Waals surface area contributed by atoms with E-state index in [0.717, 1.165) is 25.7 Å². The number of likely N-dealkylation sites (N-methyl/N-ethyl adjacent to an activating group) is 1. The zero-order valence-electron chi connectivity index (χ0n) is 13.0. The Morgan fingerprint density at radius 1 is 1.30 bits per heavy atom. The van der Waals surface area contributed by atoms with Gasteiger partial charge in [-0.15, -0.1) is 0 Å². The summed E-state index contributed by atoms with van der Waals surface area (Å²) in [5.74, 6) is 0.735. The minimum absolute atomic E-state index is 0.126. The number of benzene rings is 1. The number of nitrogens with two attached hydrogens (primary N) is 1. The van der Waals surface area contributed by atoms with Gasteiger partial charge in [-0.2, -0.15) is 0 Å². The summed E-state index contributed by atoms with van der Waals surface area (Å²) in [4.78, 5) is 2.43. The van der Waals surface area contributed by atoms with Crippen molar-refractivity contribution in [3.8, 4) is 0 Å². The lowest BCUT2D eigenvalue weighted by Crippen LogP contribution is -2.40. The van der Waals surface area contributed by atoms with E-state index in [9.17, 15) is 0 Å². The molecule has 1 aliphatic rings. The topological polar surface area (TPSA) is 38.5 Å². The van der Waals surface area contributed by atoms with E-state index in [1.807, 2.05) is 0 Å². The summed E-state index contributed by atoms with van der Waals surface area (Å²) >= 11 is 0. The molecule has 0 amide bonds. The van der Waals surface area contributed by atoms with Crippen LogP contribution in [0.5, 0.6) is 0 Å². The molecule has 0 aromatic heterocycles. The van der Waals surface area contributed by atoms with E-state index in [2.05, 4.69) is 50.1 Å². The Balaban J connectivity index is 2.09. The molecular formula is C17H28N2O. The molecule has 1 aromatic rings. The fourth-order valence-electron chi connectivity index (χ4n) is 3.29. The first kappa shape index (κ1) is 15.5. The van der Waals surface area contributed by atoms with Gasteiger partial charge in [0.2, 0.25) is 0 Å². The second-order valence-corrected chi connectivity index (χ2v) is 6.16. The van der Waals surface area contributed by atoms with Gasteiger partial charge in [0.15, 0.2) is 0 Å². The van der Waals surface area contributed by atoms with Crippen molar-refractivity contribution in [2.45, 2.75) is 38.8 Å². The first-order valence-electron chi connectivity index (χ1n) is 7.68. The van der Waals surface area contributed by atoms with Gasteiger partial charge in [-0.1, -0.05) is 24.3 Å². The van der Waals surface area contributed by atoms with Gasteiger partial charge >= 0.3 is 0 Å². The van der Waals surface area contributed by atoms with Gasteiger partial charge in [-0.05, 0) is 50.8 Å². The van der Waals surface area contributed by atoms with Crippen LogP contribution in [0.3, 0.4) is 0 Å². The van der Waals surface area contributed by atoms with Crippen LogP contribution in [0.1, 0.15) is 36.9 Å². The maximum absolute atomic E-state index is 6.28. The lowest BCUT2D eigenvalue weighted by molar-refractivity contribution is 0.0486. The van der Waals surface area contributed by atoms with Crippen LogP contribution in [0.2, 0.25) is 0 Å². The average Bonchev–Trinajstić information content (AvgIpc) is 2.42. The van der Waals surface area contributed by atoms with Crippen molar-refractivity contribution in [1.82, 2.24) is 4.90 Å². The van der Waals surface area contributed by atoms with Gasteiger partial charge < -0.3 is 10.5 Å². The van der Waals surface area contributed by atoms with Crippen LogP contribution in [0.15, 0.2) is 24.3 Å². The molecule has 0 aliphatic carbocycles. The first-order chi connectivity index (χ1) is 9.59. The van der Waals surface area contributed by atoms with Crippen molar-refractivity contribution in [1.29, 1.82) is 0 Å². The third kappa shape index (κ3) is 3.81. The van der Waals surface area contributed by atoms with Crippen LogP contribution in [0.25, 0.3) is 0 Å². The predicted molar refractivity (Wildman–Crippen MR) is 83.7 cm³/mol. The second-order valence-electron chi connectivity index (χ2n) is 6.16. The Morgan fingerprint density at radius 3 is 2.55 bits per heavy atom. The Morgan fingerprint density at radius 2 is 1.95 bits per heavy atom. The van der Waals surface area contributed by atoms with Crippen LogP contribution in [0.4, 0.5) is 0 Å². The third-order valence-corrected chi connectivity index (χ3v) is 4.37. The summed E-state index contributed by atoms with van der Waals surface area (Å²) in [5, 5.41) is 0. The predicted octanol–water partition coefficient (Wildman–Crippen LogP) is 2.74. The maximum Gasteiger partial charge on any atom is 0.0496 e. The quantitative estimate of drug-likeness (QED) is 0.898. The van der Waals surface area contributed by atoms with Crippen molar-refractivity contribution in [3.63, 3.8) is 0 Å². The van der Waals surface area contributed by atoms with Gasteiger partial charge in [-0.3, -0.25) is 4.90 Å². The zero-order valence-corrected chi connectivity index (χ0v) is 13.0. The van der Waals surface area contributed by atoms with Crippen LogP contribution in [-0.2, 0) is 4.74 Å². The summed E-state index contributed by atoms with van der Waals surface area (Å²) in [6.45, 7) is 7.20. The van der Waals surface area contributed by atoms with Crippen LogP contribution < -0.4 is 5.73 Å². The molecule has 112 valence electrons. The summed E-state index contributed by atoms with van der Waals surface area (Å²) in [7, 11) is 2.20. The normalized spacial score (nSPS) is 20.1. The molecule has 0 spiro atoms. The van der Waals surface area contributed by atoms with E-state index in [0.29, 0.717) is 6.04 Å². The van der Waals surface area contributed by atoms with Gasteiger partial charge in [0, 0.05) is 31.8 Å². The Labute approximate surface area is 123 Å². The first-order valence-corrected chi connectivity index (χ1v) is 7.68. The lowest BCUT2D eigenvalue weighted by Gasteiger charge is -2.36. The van der Waals surface area contributed by atoms with Crippen molar-refractivity contribution in [2.24, 2.45) is 11.7 Å². The van der Waals surface area contributed by atoms with E-state index in [1.54, 1.807) is 0 Å². The van der Waals surface area contributed by atoms with Crippen LogP contribution in [0, 0.1) is 12.8 Å². The largest absolute Gasteiger partial charge is 0.381 e. The second kappa shape index (κ2) is 7.21. The highest BCUT2D eigenvalue weighted by molar-refractivity contribution is 5.29. The van der Waals surface area contributed by atoms with Crippen molar-refractivity contribution < 1.29 is 4.74 Å². The number of nitrogens with zero attached hydrogens (tertiary/aromatic N) is 1. The number of ether oxygens (including phenoxy) is 1. The smallest absolute Gasteiger partial charge is 0.0496 e. The molecule has 3 heteroatoms. The molecule has 1 fully saturated rings. The van der Waals surface area contributed by atoms with Crippen molar-refractivity contribution >= 4 is 0 Å². The molecule has 1 aromatic carbocycles. The molecule has 1 saturated heterocycles. The standard InChI is InChI=1S/C17H28N2O/c1-13-6-4-5-7-16(13)17(14(2)18)19(3)12-15-8-10-20-11-9-15/h4-7,14-15,17H,8-12,18H2,1-3H3. The van der Waals surface area contributed by atoms with E-state index in [-0.39, 0.29) is 6.04 Å². The minimum atomic E-state index is 0.126. The van der Waals surface area contributed by atoms with E-state index < -0.39 is 0 Å². The summed E-state index contributed by atoms with van der Waals surface area (Å²) < 4.78 is 5.45. The Kier molecular flexibility index (Phi) is 5.58. The highest BCUT2D eigenvalue weighted by Gasteiger charge is 2.25. The number of hydrogen-bond donors (Lipinski definition) is 1. The van der Waals surface area contributed by atoms with Gasteiger partial charge in [0.25, 0.3) is 0 Å². The third-order valence-electron chi connectivity index (χ3n) is 4.37. The van der Waals surface area contributed by atoms with Crippen molar-refractivity contribution in [3.05, 3.63) is 35.4 Å². The van der Waals surface area contributed by atoms with E-state index in [4.69, 9.17) is 10.5 Å². The minimum Gasteiger partial charge on any atom is -0.381 e. The Bertz CT molecular complexity index is 413. The maximum atomic E-state index is 6.28. The van der Waals surface area contributed by atoms with Crippen LogP contribution in [-0.4, -0.2) is 37.7 Å².